The highest BCUT2D eigenvalue weighted by Gasteiger charge is 2.20. The van der Waals surface area contributed by atoms with Gasteiger partial charge in [0.25, 0.3) is 10.0 Å². The lowest BCUT2D eigenvalue weighted by Gasteiger charge is -2.19. The minimum atomic E-state index is -3.91. The molecule has 0 aliphatic carbocycles. The molecule has 8 nitrogen and oxygen atoms in total. The van der Waals surface area contributed by atoms with Gasteiger partial charge in [-0.1, -0.05) is 0 Å². The molecule has 0 saturated heterocycles. The number of nitrogens with one attached hydrogen (secondary N) is 1. The Balaban J connectivity index is 1.90. The van der Waals surface area contributed by atoms with Crippen molar-refractivity contribution in [3.63, 3.8) is 0 Å². The Morgan fingerprint density at radius 1 is 1.13 bits per heavy atom. The van der Waals surface area contributed by atoms with E-state index in [9.17, 15) is 13.2 Å². The van der Waals surface area contributed by atoms with Crippen LogP contribution in [0.2, 0.25) is 0 Å². The second-order valence-corrected chi connectivity index (χ2v) is 6.36. The highest BCUT2D eigenvalue weighted by atomic mass is 32.2. The van der Waals surface area contributed by atoms with Crippen LogP contribution < -0.4 is 14.2 Å². The van der Waals surface area contributed by atoms with Gasteiger partial charge in [-0.3, -0.25) is 9.71 Å². The number of ether oxygens (including phenoxy) is 2. The van der Waals surface area contributed by atoms with Gasteiger partial charge in [-0.2, -0.15) is 0 Å². The number of rotatable bonds is 4. The van der Waals surface area contributed by atoms with Gasteiger partial charge in [-0.25, -0.2) is 13.2 Å². The number of carbonyl (C=O) groups is 1. The summed E-state index contributed by atoms with van der Waals surface area (Å²) in [4.78, 5) is 14.6. The molecular formula is C14H12N2O6S. The van der Waals surface area contributed by atoms with Crippen molar-refractivity contribution in [1.82, 2.24) is 4.98 Å². The van der Waals surface area contributed by atoms with E-state index >= 15 is 0 Å². The summed E-state index contributed by atoms with van der Waals surface area (Å²) in [6, 6.07) is 5.43. The number of benzene rings is 1. The van der Waals surface area contributed by atoms with Crippen molar-refractivity contribution >= 4 is 21.7 Å². The summed E-state index contributed by atoms with van der Waals surface area (Å²) in [5, 5.41) is 8.91. The number of fused-ring (bicyclic) bond motifs is 1. The summed E-state index contributed by atoms with van der Waals surface area (Å²) in [7, 11) is -3.91. The number of hydrogen-bond acceptors (Lipinski definition) is 6. The smallest absolute Gasteiger partial charge is 0.337 e. The number of aromatic carboxylic acids is 1. The Labute approximate surface area is 131 Å². The molecule has 0 amide bonds. The predicted molar refractivity (Wildman–Crippen MR) is 79.4 cm³/mol. The van der Waals surface area contributed by atoms with Crippen LogP contribution in [0, 0.1) is 0 Å². The summed E-state index contributed by atoms with van der Waals surface area (Å²) in [5.74, 6) is -0.376. The van der Waals surface area contributed by atoms with Crippen molar-refractivity contribution in [3.05, 3.63) is 42.2 Å². The molecule has 1 aliphatic heterocycles. The standard InChI is InChI=1S/C14H12N2O6S/c17-14(18)9-5-10(8-15-7-9)16-23(19,20)11-1-2-12-13(6-11)22-4-3-21-12/h1-2,5-8,16H,3-4H2,(H,17,18). The number of aromatic nitrogens is 1. The first-order chi connectivity index (χ1) is 11.0. The van der Waals surface area contributed by atoms with Crippen LogP contribution in [0.25, 0.3) is 0 Å². The van der Waals surface area contributed by atoms with Crippen molar-refractivity contribution in [2.75, 3.05) is 17.9 Å². The topological polar surface area (TPSA) is 115 Å². The Morgan fingerprint density at radius 2 is 1.87 bits per heavy atom. The first-order valence-electron chi connectivity index (χ1n) is 6.56. The third-order valence-corrected chi connectivity index (χ3v) is 4.44. The Hall–Kier alpha value is -2.81. The molecule has 1 aromatic carbocycles. The van der Waals surface area contributed by atoms with Crippen LogP contribution in [0.1, 0.15) is 10.4 Å². The minimum absolute atomic E-state index is 0.0255. The lowest BCUT2D eigenvalue weighted by atomic mass is 10.3. The van der Waals surface area contributed by atoms with Gasteiger partial charge in [0, 0.05) is 12.3 Å². The van der Waals surface area contributed by atoms with Gasteiger partial charge in [0.1, 0.15) is 13.2 Å². The predicted octanol–water partition coefficient (Wildman–Crippen LogP) is 1.35. The molecule has 0 radical (unpaired) electrons. The molecule has 23 heavy (non-hydrogen) atoms. The molecule has 9 heteroatoms. The van der Waals surface area contributed by atoms with Crippen LogP contribution in [0.5, 0.6) is 11.5 Å². The highest BCUT2D eigenvalue weighted by molar-refractivity contribution is 7.92. The van der Waals surface area contributed by atoms with Gasteiger partial charge in [-0.15, -0.1) is 0 Å². The zero-order chi connectivity index (χ0) is 16.4. The normalized spacial score (nSPS) is 13.4. The molecule has 1 aliphatic rings. The summed E-state index contributed by atoms with van der Waals surface area (Å²) in [6.45, 7) is 0.750. The van der Waals surface area contributed by atoms with Crippen molar-refractivity contribution in [2.45, 2.75) is 4.90 Å². The van der Waals surface area contributed by atoms with Crippen LogP contribution in [-0.4, -0.2) is 37.7 Å². The number of sulfonamides is 1. The van der Waals surface area contributed by atoms with Crippen LogP contribution >= 0.6 is 0 Å². The highest BCUT2D eigenvalue weighted by Crippen LogP contribution is 2.32. The average Bonchev–Trinajstić information content (AvgIpc) is 2.54. The maximum absolute atomic E-state index is 12.4. The molecule has 3 rings (SSSR count). The fourth-order valence-electron chi connectivity index (χ4n) is 2.02. The summed E-state index contributed by atoms with van der Waals surface area (Å²) in [5.41, 5.74) is -0.0628. The molecule has 2 heterocycles. The van der Waals surface area contributed by atoms with E-state index in [4.69, 9.17) is 14.6 Å². The first-order valence-corrected chi connectivity index (χ1v) is 8.05. The molecule has 0 fully saturated rings. The molecule has 0 unspecified atom stereocenters. The van der Waals surface area contributed by atoms with Gasteiger partial charge in [0.15, 0.2) is 11.5 Å². The van der Waals surface area contributed by atoms with Crippen LogP contribution in [0.15, 0.2) is 41.6 Å². The van der Waals surface area contributed by atoms with E-state index in [0.29, 0.717) is 24.7 Å². The Morgan fingerprint density at radius 3 is 2.61 bits per heavy atom. The molecule has 0 atom stereocenters. The number of carboxylic acids is 1. The molecule has 120 valence electrons. The van der Waals surface area contributed by atoms with E-state index in [1.165, 1.54) is 30.5 Å². The van der Waals surface area contributed by atoms with E-state index < -0.39 is 16.0 Å². The van der Waals surface area contributed by atoms with Gasteiger partial charge >= 0.3 is 5.97 Å². The molecule has 0 spiro atoms. The van der Waals surface area contributed by atoms with Crippen LogP contribution in [-0.2, 0) is 10.0 Å². The molecule has 1 aromatic heterocycles. The molecule has 0 saturated carbocycles. The van der Waals surface area contributed by atoms with Crippen molar-refractivity contribution in [3.8, 4) is 11.5 Å². The number of pyridine rings is 1. The van der Waals surface area contributed by atoms with Gasteiger partial charge in [0.05, 0.1) is 22.3 Å². The van der Waals surface area contributed by atoms with E-state index in [-0.39, 0.29) is 16.1 Å². The summed E-state index contributed by atoms with van der Waals surface area (Å²) >= 11 is 0. The second kappa shape index (κ2) is 5.76. The van der Waals surface area contributed by atoms with Gasteiger partial charge in [0.2, 0.25) is 0 Å². The van der Waals surface area contributed by atoms with Crippen LogP contribution in [0.4, 0.5) is 5.69 Å². The number of hydrogen-bond donors (Lipinski definition) is 2. The Bertz CT molecular complexity index is 865. The second-order valence-electron chi connectivity index (χ2n) is 4.68. The lowest BCUT2D eigenvalue weighted by Crippen LogP contribution is -2.17. The largest absolute Gasteiger partial charge is 0.486 e. The average molecular weight is 336 g/mol. The Kier molecular flexibility index (Phi) is 3.78. The van der Waals surface area contributed by atoms with E-state index in [1.54, 1.807) is 0 Å². The number of nitrogens with zero attached hydrogens (tertiary/aromatic N) is 1. The quantitative estimate of drug-likeness (QED) is 0.866. The maximum Gasteiger partial charge on any atom is 0.337 e. The van der Waals surface area contributed by atoms with Crippen LogP contribution in [0.3, 0.4) is 0 Å². The van der Waals surface area contributed by atoms with Crippen molar-refractivity contribution in [1.29, 1.82) is 0 Å². The van der Waals surface area contributed by atoms with E-state index in [2.05, 4.69) is 9.71 Å². The fraction of sp³-hybridized carbons (Fsp3) is 0.143. The van der Waals surface area contributed by atoms with Crippen molar-refractivity contribution < 1.29 is 27.8 Å². The SMILES string of the molecule is O=C(O)c1cncc(NS(=O)(=O)c2ccc3c(c2)OCCO3)c1. The number of anilines is 1. The molecular weight excluding hydrogens is 324 g/mol. The lowest BCUT2D eigenvalue weighted by molar-refractivity contribution is 0.0696. The molecule has 2 N–H and O–H groups in total. The third kappa shape index (κ3) is 3.19. The summed E-state index contributed by atoms with van der Waals surface area (Å²) < 4.78 is 37.7. The third-order valence-electron chi connectivity index (χ3n) is 3.06. The monoisotopic (exact) mass is 336 g/mol. The summed E-state index contributed by atoms with van der Waals surface area (Å²) in [6.07, 6.45) is 2.35. The van der Waals surface area contributed by atoms with E-state index in [1.807, 2.05) is 0 Å². The first kappa shape index (κ1) is 15.1. The fourth-order valence-corrected chi connectivity index (χ4v) is 3.07. The zero-order valence-electron chi connectivity index (χ0n) is 11.7. The molecule has 2 aromatic rings. The zero-order valence-corrected chi connectivity index (χ0v) is 12.5. The molecule has 0 bridgehead atoms. The minimum Gasteiger partial charge on any atom is -0.486 e. The van der Waals surface area contributed by atoms with E-state index in [0.717, 1.165) is 6.20 Å². The maximum atomic E-state index is 12.4. The van der Waals surface area contributed by atoms with Gasteiger partial charge < -0.3 is 14.6 Å². The van der Waals surface area contributed by atoms with Crippen molar-refractivity contribution in [2.24, 2.45) is 0 Å². The van der Waals surface area contributed by atoms with Gasteiger partial charge in [-0.05, 0) is 18.2 Å². The number of carboxylic acid groups (broad SMARTS) is 1.